The summed E-state index contributed by atoms with van der Waals surface area (Å²) in [6.07, 6.45) is 8.59. The first-order valence-electron chi connectivity index (χ1n) is 16.1. The molecule has 3 N–H and O–H groups in total. The van der Waals surface area contributed by atoms with E-state index in [1.807, 2.05) is 45.5 Å². The molecule has 7 rings (SSSR count). The Morgan fingerprint density at radius 3 is 2.49 bits per heavy atom. The molecule has 0 amide bonds. The molecular weight excluding hydrogens is 572 g/mol. The monoisotopic (exact) mass is 612 g/mol. The van der Waals surface area contributed by atoms with Crippen LogP contribution in [0, 0.1) is 0 Å². The van der Waals surface area contributed by atoms with E-state index in [-0.39, 0.29) is 17.7 Å². The van der Waals surface area contributed by atoms with E-state index in [4.69, 9.17) is 9.57 Å². The number of amidine groups is 1. The van der Waals surface area contributed by atoms with Gasteiger partial charge in [-0.1, -0.05) is 67.0 Å². The Morgan fingerprint density at radius 2 is 1.82 bits per heavy atom. The molecule has 0 bridgehead atoms. The first-order valence-corrected chi connectivity index (χ1v) is 16.1. The lowest BCUT2D eigenvalue weighted by Gasteiger charge is -2.38. The summed E-state index contributed by atoms with van der Waals surface area (Å²) in [6, 6.07) is 16.0. The number of rotatable bonds is 10. The molecule has 236 valence electrons. The molecule has 0 spiro atoms. The van der Waals surface area contributed by atoms with E-state index in [1.54, 1.807) is 6.33 Å². The second-order valence-electron chi connectivity index (χ2n) is 12.6. The first-order chi connectivity index (χ1) is 21.9. The molecule has 1 atom stereocenters. The number of aliphatic hydroxyl groups is 2. The minimum Gasteiger partial charge on any atom is -0.387 e. The molecule has 2 fully saturated rings. The zero-order valence-corrected chi connectivity index (χ0v) is 25.6. The number of hydrogen-bond acceptors (Lipinski definition) is 9. The Labute approximate surface area is 261 Å². The number of oxime groups is 1. The number of fused-ring (bicyclic) bond motifs is 1. The van der Waals surface area contributed by atoms with Gasteiger partial charge < -0.3 is 25.1 Å². The molecule has 0 saturated heterocycles. The molecule has 2 aromatic heterocycles. The Bertz CT molecular complexity index is 1750. The highest BCUT2D eigenvalue weighted by atomic mass is 16.7. The highest BCUT2D eigenvalue weighted by Gasteiger charge is 2.36. The third-order valence-corrected chi connectivity index (χ3v) is 9.53. The quantitative estimate of drug-likeness (QED) is 0.244. The summed E-state index contributed by atoms with van der Waals surface area (Å²) in [7, 11) is 0. The summed E-state index contributed by atoms with van der Waals surface area (Å²) in [5, 5.41) is 31.5. The number of ether oxygens (including phenoxy) is 1. The van der Waals surface area contributed by atoms with Crippen LogP contribution in [0.4, 0.5) is 0 Å². The Morgan fingerprint density at radius 1 is 1.07 bits per heavy atom. The minimum atomic E-state index is -1.16. The number of aryl methyl sites for hydroxylation is 1. The smallest absolute Gasteiger partial charge is 0.304 e. The third-order valence-electron chi connectivity index (χ3n) is 9.53. The Balaban J connectivity index is 1.15. The zero-order valence-electron chi connectivity index (χ0n) is 25.6. The van der Waals surface area contributed by atoms with Gasteiger partial charge in [-0.2, -0.15) is 10.1 Å². The van der Waals surface area contributed by atoms with Crippen molar-refractivity contribution in [2.75, 3.05) is 6.61 Å². The number of benzene rings is 2. The highest BCUT2D eigenvalue weighted by molar-refractivity contribution is 6.04. The maximum absolute atomic E-state index is 14.3. The van der Waals surface area contributed by atoms with Gasteiger partial charge in [-0.15, -0.1) is 0 Å². The van der Waals surface area contributed by atoms with Crippen molar-refractivity contribution in [3.63, 3.8) is 0 Å². The van der Waals surface area contributed by atoms with E-state index in [1.165, 1.54) is 0 Å². The predicted molar refractivity (Wildman–Crippen MR) is 169 cm³/mol. The van der Waals surface area contributed by atoms with Gasteiger partial charge >= 0.3 is 6.41 Å². The van der Waals surface area contributed by atoms with Gasteiger partial charge in [-0.25, -0.2) is 4.52 Å². The second kappa shape index (κ2) is 12.4. The number of aliphatic hydroxyl groups excluding tert-OH is 1. The molecule has 11 heteroatoms. The topological polar surface area (TPSA) is 136 Å². The molecule has 1 aliphatic heterocycles. The van der Waals surface area contributed by atoms with Gasteiger partial charge in [-0.3, -0.25) is 9.36 Å². The molecule has 1 unspecified atom stereocenters. The lowest BCUT2D eigenvalue weighted by Crippen LogP contribution is -2.43. The number of hydrogen-bond donors (Lipinski definition) is 3. The van der Waals surface area contributed by atoms with E-state index in [0.29, 0.717) is 24.6 Å². The lowest BCUT2D eigenvalue weighted by atomic mass is 9.81. The third kappa shape index (κ3) is 5.87. The summed E-state index contributed by atoms with van der Waals surface area (Å²) in [4.78, 5) is 23.8. The van der Waals surface area contributed by atoms with Crippen molar-refractivity contribution in [3.05, 3.63) is 87.6 Å². The van der Waals surface area contributed by atoms with Crippen molar-refractivity contribution < 1.29 is 19.8 Å². The molecule has 3 heterocycles. The zero-order chi connectivity index (χ0) is 31.0. The molecule has 2 aromatic carbocycles. The van der Waals surface area contributed by atoms with Crippen LogP contribution in [0.5, 0.6) is 0 Å². The van der Waals surface area contributed by atoms with Gasteiger partial charge in [0.15, 0.2) is 5.84 Å². The van der Waals surface area contributed by atoms with E-state index in [2.05, 4.69) is 39.6 Å². The molecule has 4 aromatic rings. The summed E-state index contributed by atoms with van der Waals surface area (Å²) in [5.41, 5.74) is 4.82. The number of nitrogens with zero attached hydrogens (tertiary/aromatic N) is 5. The van der Waals surface area contributed by atoms with Crippen LogP contribution < -0.4 is 10.9 Å². The van der Waals surface area contributed by atoms with Crippen molar-refractivity contribution in [1.82, 2.24) is 24.5 Å². The van der Waals surface area contributed by atoms with E-state index >= 15 is 0 Å². The lowest BCUT2D eigenvalue weighted by molar-refractivity contribution is -0.120. The normalized spacial score (nSPS) is 22.5. The van der Waals surface area contributed by atoms with Gasteiger partial charge in [0.25, 0.3) is 5.56 Å². The fourth-order valence-electron chi connectivity index (χ4n) is 6.90. The molecule has 45 heavy (non-hydrogen) atoms. The van der Waals surface area contributed by atoms with Crippen LogP contribution in [0.2, 0.25) is 0 Å². The van der Waals surface area contributed by atoms with Crippen molar-refractivity contribution in [2.24, 2.45) is 5.16 Å². The van der Waals surface area contributed by atoms with Crippen LogP contribution in [-0.2, 0) is 22.4 Å². The second-order valence-corrected chi connectivity index (χ2v) is 12.6. The average molecular weight is 613 g/mol. The van der Waals surface area contributed by atoms with Crippen LogP contribution in [-0.4, -0.2) is 59.9 Å². The van der Waals surface area contributed by atoms with Crippen LogP contribution in [0.3, 0.4) is 0 Å². The van der Waals surface area contributed by atoms with Gasteiger partial charge in [0.2, 0.25) is 5.78 Å². The highest BCUT2D eigenvalue weighted by Crippen LogP contribution is 2.35. The number of aromatic nitrogens is 4. The molecule has 3 aliphatic rings. The van der Waals surface area contributed by atoms with Gasteiger partial charge in [0.1, 0.15) is 6.33 Å². The summed E-state index contributed by atoms with van der Waals surface area (Å²) in [6.45, 7) is 2.51. The number of nitrogens with one attached hydrogen (secondary N) is 1. The fourth-order valence-corrected chi connectivity index (χ4v) is 6.90. The van der Waals surface area contributed by atoms with Crippen LogP contribution in [0.1, 0.15) is 86.7 Å². The summed E-state index contributed by atoms with van der Waals surface area (Å²) < 4.78 is 9.85. The van der Waals surface area contributed by atoms with E-state index in [9.17, 15) is 15.0 Å². The first kappa shape index (κ1) is 29.6. The molecule has 0 radical (unpaired) electrons. The van der Waals surface area contributed by atoms with Crippen molar-refractivity contribution >= 4 is 11.6 Å². The Hall–Kier alpha value is -4.06. The van der Waals surface area contributed by atoms with Gasteiger partial charge in [0.05, 0.1) is 24.0 Å². The largest absolute Gasteiger partial charge is 0.387 e. The molecular formula is C34H40N6O5. The van der Waals surface area contributed by atoms with Gasteiger partial charge in [-0.05, 0) is 68.1 Å². The average Bonchev–Trinajstić information content (AvgIpc) is 3.71. The summed E-state index contributed by atoms with van der Waals surface area (Å²) in [5.74, 6) is 1.08. The molecule has 11 nitrogen and oxygen atoms in total. The maximum atomic E-state index is 14.3. The van der Waals surface area contributed by atoms with Gasteiger partial charge in [0, 0.05) is 23.6 Å². The van der Waals surface area contributed by atoms with E-state index in [0.717, 1.165) is 91.3 Å². The Kier molecular flexibility index (Phi) is 8.15. The SMILES string of the molecule is CCCc1c(Cc2ccc(-c3ccccc3C3=NOC(O)N3)cc2)c(=O)n([C@H]2CC[C@H](OCC3(O)CCC3)CC2)c2ncnn12. The molecule has 2 saturated carbocycles. The van der Waals surface area contributed by atoms with Crippen LogP contribution in [0.25, 0.3) is 16.9 Å². The van der Waals surface area contributed by atoms with Crippen LogP contribution in [0.15, 0.2) is 64.8 Å². The van der Waals surface area contributed by atoms with E-state index < -0.39 is 12.0 Å². The molecule has 2 aliphatic carbocycles. The van der Waals surface area contributed by atoms with Crippen molar-refractivity contribution in [2.45, 2.75) is 95.3 Å². The maximum Gasteiger partial charge on any atom is 0.304 e. The summed E-state index contributed by atoms with van der Waals surface area (Å²) >= 11 is 0. The van der Waals surface area contributed by atoms with Crippen LogP contribution >= 0.6 is 0 Å². The minimum absolute atomic E-state index is 0.00500. The van der Waals surface area contributed by atoms with Crippen molar-refractivity contribution in [3.8, 4) is 11.1 Å². The predicted octanol–water partition coefficient (Wildman–Crippen LogP) is 4.07. The standard InChI is InChI=1S/C34H40N6O5/c1-2-6-29-28(19-22-9-11-23(12-10-22)26-7-3-4-8-27(26)30-37-33(42)45-38-30)31(41)39(32-35-21-36-40(29)32)24-13-15-25(16-14-24)44-20-34(43)17-5-18-34/h3-4,7-12,21,24-25,33,42-43H,2,5-6,13-20H2,1H3,(H,37,38)/t24-,25-,33?. The van der Waals surface area contributed by atoms with Crippen molar-refractivity contribution in [1.29, 1.82) is 0 Å². The fraction of sp³-hybridized carbons (Fsp3) is 0.471.